The van der Waals surface area contributed by atoms with E-state index < -0.39 is 18.1 Å². The van der Waals surface area contributed by atoms with Gasteiger partial charge in [-0.1, -0.05) is 27.7 Å². The number of methoxy groups -OCH3 is 1. The number of hydrogen-bond acceptors (Lipinski definition) is 5. The predicted molar refractivity (Wildman–Crippen MR) is 93.8 cm³/mol. The van der Waals surface area contributed by atoms with E-state index in [-0.39, 0.29) is 23.9 Å². The molecule has 0 aliphatic carbocycles. The van der Waals surface area contributed by atoms with Crippen LogP contribution in [0, 0.1) is 23.7 Å². The number of ketones is 1. The highest BCUT2D eigenvalue weighted by molar-refractivity contribution is 5.83. The molecule has 0 aromatic heterocycles. The van der Waals surface area contributed by atoms with Gasteiger partial charge in [-0.25, -0.2) is 0 Å². The van der Waals surface area contributed by atoms with Crippen molar-refractivity contribution in [1.29, 1.82) is 0 Å². The fourth-order valence-electron chi connectivity index (χ4n) is 4.01. The number of rotatable bonds is 1. The number of Topliss-reactive ketones (excluding diaryl/α,β-unsaturated/α-hetero) is 1. The number of ether oxygens (including phenoxy) is 2. The lowest BCUT2D eigenvalue weighted by Crippen LogP contribution is -2.43. The van der Waals surface area contributed by atoms with Crippen molar-refractivity contribution in [2.75, 3.05) is 20.3 Å². The van der Waals surface area contributed by atoms with Crippen LogP contribution < -0.4 is 0 Å². The second-order valence-corrected chi connectivity index (χ2v) is 8.20. The van der Waals surface area contributed by atoms with Crippen molar-refractivity contribution in [3.63, 3.8) is 0 Å². The molecule has 1 saturated heterocycles. The van der Waals surface area contributed by atoms with Gasteiger partial charge in [-0.15, -0.1) is 0 Å². The van der Waals surface area contributed by atoms with Crippen molar-refractivity contribution >= 4 is 5.78 Å². The molecule has 7 atom stereocenters. The van der Waals surface area contributed by atoms with E-state index in [2.05, 4.69) is 20.8 Å². The first-order valence-electron chi connectivity index (χ1n) is 9.12. The number of carbonyl (C=O) groups excluding carboxylic acids is 1. The van der Waals surface area contributed by atoms with Crippen molar-refractivity contribution in [2.24, 2.45) is 23.7 Å². The Morgan fingerprint density at radius 3 is 2.29 bits per heavy atom. The quantitative estimate of drug-likeness (QED) is 0.764. The molecule has 5 heteroatoms. The smallest absolute Gasteiger partial charge is 0.141 e. The summed E-state index contributed by atoms with van der Waals surface area (Å²) in [6, 6.07) is 0. The molecular weight excluding hydrogens is 308 g/mol. The zero-order valence-corrected chi connectivity index (χ0v) is 16.1. The summed E-state index contributed by atoms with van der Waals surface area (Å²) in [6.07, 6.45) is 0.343. The van der Waals surface area contributed by atoms with Crippen LogP contribution >= 0.6 is 0 Å². The van der Waals surface area contributed by atoms with E-state index in [0.717, 1.165) is 12.8 Å². The maximum absolute atomic E-state index is 12.6. The van der Waals surface area contributed by atoms with E-state index in [1.165, 1.54) is 0 Å². The van der Waals surface area contributed by atoms with Crippen LogP contribution in [0.2, 0.25) is 0 Å². The highest BCUT2D eigenvalue weighted by Crippen LogP contribution is 2.32. The Morgan fingerprint density at radius 1 is 1.08 bits per heavy atom. The number of hydrogen-bond donors (Lipinski definition) is 2. The van der Waals surface area contributed by atoms with E-state index >= 15 is 0 Å². The molecule has 1 heterocycles. The third kappa shape index (κ3) is 6.10. The van der Waals surface area contributed by atoms with Gasteiger partial charge in [-0.05, 0) is 38.0 Å². The van der Waals surface area contributed by atoms with Gasteiger partial charge in [0, 0.05) is 25.6 Å². The van der Waals surface area contributed by atoms with Crippen LogP contribution in [0.5, 0.6) is 0 Å². The fraction of sp³-hybridized carbons (Fsp3) is 0.947. The number of aliphatic hydroxyl groups excluding tert-OH is 2. The minimum absolute atomic E-state index is 0.0390. The first-order valence-corrected chi connectivity index (χ1v) is 9.12. The summed E-state index contributed by atoms with van der Waals surface area (Å²) in [5.74, 6) is -0.0859. The zero-order valence-electron chi connectivity index (χ0n) is 16.1. The summed E-state index contributed by atoms with van der Waals surface area (Å²) in [5, 5.41) is 20.4. The monoisotopic (exact) mass is 344 g/mol. The van der Waals surface area contributed by atoms with Crippen molar-refractivity contribution in [3.8, 4) is 0 Å². The summed E-state index contributed by atoms with van der Waals surface area (Å²) < 4.78 is 11.3. The van der Waals surface area contributed by atoms with E-state index in [1.807, 2.05) is 6.92 Å². The van der Waals surface area contributed by atoms with Gasteiger partial charge in [0.05, 0.1) is 18.3 Å². The van der Waals surface area contributed by atoms with Crippen molar-refractivity contribution < 1.29 is 24.5 Å². The van der Waals surface area contributed by atoms with Crippen LogP contribution in [0.4, 0.5) is 0 Å². The standard InChI is InChI=1S/C19H36O5/c1-12-7-13(2)10-24-11-16(20)18(22)15(4)17(21)14(3)9-19(5,8-12)23-6/h12-16,18,20,22H,7-11H2,1-6H3/t12-,13?,14+,15?,16?,18?,19-/m0/s1. The normalized spacial score (nSPS) is 44.1. The van der Waals surface area contributed by atoms with Gasteiger partial charge >= 0.3 is 0 Å². The van der Waals surface area contributed by atoms with Crippen LogP contribution in [0.3, 0.4) is 0 Å². The predicted octanol–water partition coefficient (Wildman–Crippen LogP) is 2.43. The fourth-order valence-corrected chi connectivity index (χ4v) is 4.01. The molecule has 1 fully saturated rings. The van der Waals surface area contributed by atoms with Crippen molar-refractivity contribution in [3.05, 3.63) is 0 Å². The van der Waals surface area contributed by atoms with E-state index in [4.69, 9.17) is 9.47 Å². The summed E-state index contributed by atoms with van der Waals surface area (Å²) in [4.78, 5) is 12.6. The molecule has 1 rings (SSSR count). The molecule has 0 aromatic rings. The third-order valence-electron chi connectivity index (χ3n) is 5.35. The van der Waals surface area contributed by atoms with E-state index in [9.17, 15) is 15.0 Å². The molecule has 0 spiro atoms. The largest absolute Gasteiger partial charge is 0.390 e. The molecule has 0 bridgehead atoms. The highest BCUT2D eigenvalue weighted by atomic mass is 16.5. The van der Waals surface area contributed by atoms with Gasteiger partial charge < -0.3 is 19.7 Å². The van der Waals surface area contributed by atoms with Gasteiger partial charge in [0.1, 0.15) is 11.9 Å². The van der Waals surface area contributed by atoms with E-state index in [0.29, 0.717) is 24.9 Å². The number of carbonyl (C=O) groups is 1. The van der Waals surface area contributed by atoms with Crippen LogP contribution in [0.15, 0.2) is 0 Å². The topological polar surface area (TPSA) is 76.0 Å². The average Bonchev–Trinajstić information content (AvgIpc) is 2.51. The van der Waals surface area contributed by atoms with Crippen LogP contribution in [-0.4, -0.2) is 54.1 Å². The Labute approximate surface area is 146 Å². The Balaban J connectivity index is 2.96. The van der Waals surface area contributed by atoms with Gasteiger partial charge in [0.25, 0.3) is 0 Å². The van der Waals surface area contributed by atoms with Crippen LogP contribution in [0.25, 0.3) is 0 Å². The average molecular weight is 344 g/mol. The molecule has 1 aliphatic heterocycles. The summed E-state index contributed by atoms with van der Waals surface area (Å²) >= 11 is 0. The highest BCUT2D eigenvalue weighted by Gasteiger charge is 2.36. The molecular formula is C19H36O5. The van der Waals surface area contributed by atoms with Gasteiger partial charge in [0.15, 0.2) is 0 Å². The second kappa shape index (κ2) is 9.27. The molecule has 1 aliphatic rings. The number of aliphatic hydroxyl groups is 2. The molecule has 24 heavy (non-hydrogen) atoms. The first-order chi connectivity index (χ1) is 11.1. The second-order valence-electron chi connectivity index (χ2n) is 8.20. The Kier molecular flexibility index (Phi) is 8.33. The van der Waals surface area contributed by atoms with Crippen LogP contribution in [0.1, 0.15) is 53.9 Å². The molecule has 0 radical (unpaired) electrons. The van der Waals surface area contributed by atoms with Crippen LogP contribution in [-0.2, 0) is 14.3 Å². The lowest BCUT2D eigenvalue weighted by atomic mass is 9.78. The summed E-state index contributed by atoms with van der Waals surface area (Å²) in [6.45, 7) is 10.5. The lowest BCUT2D eigenvalue weighted by molar-refractivity contribution is -0.137. The molecule has 2 N–H and O–H groups in total. The minimum atomic E-state index is -1.11. The molecule has 0 aromatic carbocycles. The van der Waals surface area contributed by atoms with Gasteiger partial charge in [0.2, 0.25) is 0 Å². The lowest BCUT2D eigenvalue weighted by Gasteiger charge is -2.35. The Morgan fingerprint density at radius 2 is 1.71 bits per heavy atom. The molecule has 0 amide bonds. The minimum Gasteiger partial charge on any atom is -0.390 e. The molecule has 5 nitrogen and oxygen atoms in total. The Hall–Kier alpha value is -0.490. The summed E-state index contributed by atoms with van der Waals surface area (Å²) in [7, 11) is 1.70. The van der Waals surface area contributed by atoms with Crippen molar-refractivity contribution in [2.45, 2.75) is 71.7 Å². The summed E-state index contributed by atoms with van der Waals surface area (Å²) in [5.41, 5.74) is -0.373. The maximum Gasteiger partial charge on any atom is 0.141 e. The van der Waals surface area contributed by atoms with Gasteiger partial charge in [-0.3, -0.25) is 4.79 Å². The maximum atomic E-state index is 12.6. The van der Waals surface area contributed by atoms with E-state index in [1.54, 1.807) is 14.0 Å². The molecule has 4 unspecified atom stereocenters. The van der Waals surface area contributed by atoms with Crippen molar-refractivity contribution in [1.82, 2.24) is 0 Å². The van der Waals surface area contributed by atoms with Gasteiger partial charge in [-0.2, -0.15) is 0 Å². The third-order valence-corrected chi connectivity index (χ3v) is 5.35. The SMILES string of the molecule is CO[C@@]1(C)C[C@@H](C)CC(C)COCC(O)C(O)C(C)C(=O)[C@H](C)C1. The Bertz CT molecular complexity index is 399. The zero-order chi connectivity index (χ0) is 18.5. The molecule has 0 saturated carbocycles. The first kappa shape index (κ1) is 21.6. The molecule has 142 valence electrons.